The third-order valence-electron chi connectivity index (χ3n) is 6.39. The van der Waals surface area contributed by atoms with E-state index in [2.05, 4.69) is 59.4 Å². The van der Waals surface area contributed by atoms with Crippen molar-refractivity contribution in [2.75, 3.05) is 51.1 Å². The second-order valence-electron chi connectivity index (χ2n) is 10.7. The Hall–Kier alpha value is -3.38. The number of ether oxygens (including phenoxy) is 1. The normalized spacial score (nSPS) is 15.9. The molecule has 2 heterocycles. The Bertz CT molecular complexity index is 1120. The van der Waals surface area contributed by atoms with Gasteiger partial charge >= 0.3 is 6.01 Å². The van der Waals surface area contributed by atoms with Gasteiger partial charge < -0.3 is 25.2 Å². The topological polar surface area (TPSA) is 106 Å². The molecule has 1 saturated heterocycles. The van der Waals surface area contributed by atoms with Gasteiger partial charge in [0.25, 0.3) is 5.91 Å². The van der Waals surface area contributed by atoms with Gasteiger partial charge in [-0.15, -0.1) is 0 Å². The van der Waals surface area contributed by atoms with Crippen molar-refractivity contribution in [3.63, 3.8) is 0 Å². The number of aryl methyl sites for hydroxylation is 1. The molecule has 0 saturated carbocycles. The van der Waals surface area contributed by atoms with Crippen LogP contribution < -0.4 is 20.3 Å². The van der Waals surface area contributed by atoms with Crippen molar-refractivity contribution in [1.29, 1.82) is 5.26 Å². The van der Waals surface area contributed by atoms with Gasteiger partial charge in [0.15, 0.2) is 11.6 Å². The maximum absolute atomic E-state index is 12.2. The average molecular weight is 494 g/mol. The van der Waals surface area contributed by atoms with Gasteiger partial charge in [0, 0.05) is 37.9 Å². The van der Waals surface area contributed by atoms with E-state index >= 15 is 0 Å². The number of anilines is 3. The fourth-order valence-electron chi connectivity index (χ4n) is 4.55. The van der Waals surface area contributed by atoms with Crippen LogP contribution in [-0.2, 0) is 0 Å². The summed E-state index contributed by atoms with van der Waals surface area (Å²) in [6.07, 6.45) is 3.27. The molecule has 1 aliphatic rings. The largest absolute Gasteiger partial charge is 0.463 e. The van der Waals surface area contributed by atoms with E-state index in [1.165, 1.54) is 12.8 Å². The number of carbonyl (C=O) groups excluding carboxylic acids is 1. The minimum Gasteiger partial charge on any atom is -0.463 e. The van der Waals surface area contributed by atoms with E-state index in [0.717, 1.165) is 18.5 Å². The van der Waals surface area contributed by atoms with E-state index in [1.54, 1.807) is 19.2 Å². The number of aromatic nitrogens is 2. The van der Waals surface area contributed by atoms with Gasteiger partial charge in [0.05, 0.1) is 6.61 Å². The number of nitrogens with zero attached hydrogens (tertiary/aromatic N) is 5. The van der Waals surface area contributed by atoms with E-state index < -0.39 is 0 Å². The Kier molecular flexibility index (Phi) is 8.75. The fraction of sp³-hybridized carbons (Fsp3) is 0.556. The number of nitrogens with one attached hydrogen (secondary N) is 2. The first-order chi connectivity index (χ1) is 17.0. The highest BCUT2D eigenvalue weighted by molar-refractivity contribution is 5.95. The van der Waals surface area contributed by atoms with Crippen LogP contribution in [0, 0.1) is 23.7 Å². The molecule has 2 N–H and O–H groups in total. The minimum absolute atomic E-state index is 0.00741. The van der Waals surface area contributed by atoms with Crippen LogP contribution in [0.3, 0.4) is 0 Å². The zero-order chi connectivity index (χ0) is 26.5. The summed E-state index contributed by atoms with van der Waals surface area (Å²) in [6.45, 7) is 10.6. The van der Waals surface area contributed by atoms with Gasteiger partial charge in [-0.1, -0.05) is 26.8 Å². The Morgan fingerprint density at radius 1 is 1.33 bits per heavy atom. The number of nitriles is 1. The number of benzene rings is 1. The monoisotopic (exact) mass is 493 g/mol. The molecule has 0 bridgehead atoms. The van der Waals surface area contributed by atoms with E-state index in [1.807, 2.05) is 24.9 Å². The molecule has 9 heteroatoms. The second kappa shape index (κ2) is 11.6. The van der Waals surface area contributed by atoms with Crippen molar-refractivity contribution >= 4 is 23.2 Å². The highest BCUT2D eigenvalue weighted by atomic mass is 16.5. The lowest BCUT2D eigenvalue weighted by atomic mass is 9.96. The van der Waals surface area contributed by atoms with Crippen molar-refractivity contribution < 1.29 is 9.53 Å². The molecule has 3 rings (SSSR count). The molecule has 9 nitrogen and oxygen atoms in total. The van der Waals surface area contributed by atoms with Gasteiger partial charge in [-0.2, -0.15) is 15.2 Å². The third-order valence-corrected chi connectivity index (χ3v) is 6.39. The predicted octanol–water partition coefficient (Wildman–Crippen LogP) is 4.11. The lowest BCUT2D eigenvalue weighted by Gasteiger charge is -2.28. The van der Waals surface area contributed by atoms with Crippen LogP contribution in [0.1, 0.15) is 61.5 Å². The average Bonchev–Trinajstić information content (AvgIpc) is 3.23. The number of likely N-dealkylation sites (tertiary alicyclic amines) is 1. The first-order valence-electron chi connectivity index (χ1n) is 12.5. The first kappa shape index (κ1) is 27.2. The van der Waals surface area contributed by atoms with Gasteiger partial charge in [0.2, 0.25) is 0 Å². The SMILES string of the molecule is CNC(=O)c1ccc(C)c(Nc2nc(OCCC3CCCN3C)nc(N(C)CC(C)(C)C)c2C#N)c1. The van der Waals surface area contributed by atoms with Gasteiger partial charge in [-0.3, -0.25) is 4.79 Å². The number of hydrogen-bond acceptors (Lipinski definition) is 8. The van der Waals surface area contributed by atoms with Gasteiger partial charge in [0.1, 0.15) is 11.6 Å². The lowest BCUT2D eigenvalue weighted by Crippen LogP contribution is -2.31. The maximum atomic E-state index is 12.2. The molecule has 0 spiro atoms. The molecule has 1 aliphatic heterocycles. The summed E-state index contributed by atoms with van der Waals surface area (Å²) >= 11 is 0. The van der Waals surface area contributed by atoms with E-state index in [-0.39, 0.29) is 17.3 Å². The highest BCUT2D eigenvalue weighted by Crippen LogP contribution is 2.31. The molecule has 0 aliphatic carbocycles. The Labute approximate surface area is 214 Å². The molecular formula is C27H39N7O2. The summed E-state index contributed by atoms with van der Waals surface area (Å²) in [5, 5.41) is 16.0. The quantitative estimate of drug-likeness (QED) is 0.538. The standard InChI is InChI=1S/C27H39N7O2/c1-18-10-11-19(25(35)29-5)15-22(18)30-23-21(16-28)24(34(7)17-27(2,3)4)32-26(31-23)36-14-12-20-9-8-13-33(20)6/h10-11,15,20H,8-9,12-14,17H2,1-7H3,(H,29,35)(H,30,31,32). The molecule has 1 aromatic carbocycles. The molecule has 1 fully saturated rings. The van der Waals surface area contributed by atoms with Crippen LogP contribution in [0.2, 0.25) is 0 Å². The molecule has 1 aromatic heterocycles. The highest BCUT2D eigenvalue weighted by Gasteiger charge is 2.24. The Morgan fingerprint density at radius 2 is 2.08 bits per heavy atom. The molecule has 0 radical (unpaired) electrons. The van der Waals surface area contributed by atoms with Gasteiger partial charge in [-0.05, 0) is 62.9 Å². The summed E-state index contributed by atoms with van der Waals surface area (Å²) in [7, 11) is 5.66. The first-order valence-corrected chi connectivity index (χ1v) is 12.5. The number of amides is 1. The van der Waals surface area contributed by atoms with E-state index in [9.17, 15) is 10.1 Å². The molecule has 1 unspecified atom stereocenters. The van der Waals surface area contributed by atoms with Crippen LogP contribution in [-0.4, -0.2) is 67.7 Å². The number of carbonyl (C=O) groups is 1. The zero-order valence-electron chi connectivity index (χ0n) is 22.6. The van der Waals surface area contributed by atoms with Crippen molar-refractivity contribution in [2.24, 2.45) is 5.41 Å². The molecule has 194 valence electrons. The van der Waals surface area contributed by atoms with Crippen LogP contribution in [0.4, 0.5) is 17.3 Å². The summed E-state index contributed by atoms with van der Waals surface area (Å²) in [6, 6.07) is 8.40. The van der Waals surface area contributed by atoms with Crippen molar-refractivity contribution in [1.82, 2.24) is 20.2 Å². The molecule has 1 amide bonds. The molecule has 1 atom stereocenters. The molecular weight excluding hydrogens is 454 g/mol. The van der Waals surface area contributed by atoms with Crippen LogP contribution in [0.25, 0.3) is 0 Å². The third kappa shape index (κ3) is 6.85. The zero-order valence-corrected chi connectivity index (χ0v) is 22.6. The molecule has 2 aromatic rings. The van der Waals surface area contributed by atoms with Crippen LogP contribution in [0.15, 0.2) is 18.2 Å². The van der Waals surface area contributed by atoms with E-state index in [4.69, 9.17) is 4.74 Å². The van der Waals surface area contributed by atoms with Crippen molar-refractivity contribution in [3.8, 4) is 12.1 Å². The summed E-state index contributed by atoms with van der Waals surface area (Å²) < 4.78 is 6.04. The summed E-state index contributed by atoms with van der Waals surface area (Å²) in [5.74, 6) is 0.680. The minimum atomic E-state index is -0.187. The smallest absolute Gasteiger partial charge is 0.320 e. The molecule has 36 heavy (non-hydrogen) atoms. The number of hydrogen-bond donors (Lipinski definition) is 2. The second-order valence-corrected chi connectivity index (χ2v) is 10.7. The summed E-state index contributed by atoms with van der Waals surface area (Å²) in [5.41, 5.74) is 2.44. The lowest BCUT2D eigenvalue weighted by molar-refractivity contribution is 0.0963. The van der Waals surface area contributed by atoms with Crippen molar-refractivity contribution in [3.05, 3.63) is 34.9 Å². The predicted molar refractivity (Wildman–Crippen MR) is 143 cm³/mol. The number of rotatable bonds is 9. The Morgan fingerprint density at radius 3 is 2.69 bits per heavy atom. The summed E-state index contributed by atoms with van der Waals surface area (Å²) in [4.78, 5) is 25.8. The van der Waals surface area contributed by atoms with Crippen LogP contribution >= 0.6 is 0 Å². The Balaban J connectivity index is 1.96. The van der Waals surface area contributed by atoms with E-state index in [0.29, 0.717) is 47.6 Å². The van der Waals surface area contributed by atoms with Crippen LogP contribution in [0.5, 0.6) is 6.01 Å². The maximum Gasteiger partial charge on any atom is 0.320 e. The van der Waals surface area contributed by atoms with Gasteiger partial charge in [-0.25, -0.2) is 0 Å². The van der Waals surface area contributed by atoms with Crippen molar-refractivity contribution in [2.45, 2.75) is 53.0 Å². The fourth-order valence-corrected chi connectivity index (χ4v) is 4.55.